The summed E-state index contributed by atoms with van der Waals surface area (Å²) in [6.07, 6.45) is 2.18. The molecular formula is C14H20Cl2N2O. The number of carbonyl (C=O) groups excluding carboxylic acids is 1. The Kier molecular flexibility index (Phi) is 6.63. The Labute approximate surface area is 125 Å². The van der Waals surface area contributed by atoms with Gasteiger partial charge in [-0.2, -0.15) is 0 Å². The fourth-order valence-corrected chi connectivity index (χ4v) is 2.43. The van der Waals surface area contributed by atoms with Crippen molar-refractivity contribution in [3.8, 4) is 0 Å². The van der Waals surface area contributed by atoms with Crippen LogP contribution in [0, 0.1) is 0 Å². The lowest BCUT2D eigenvalue weighted by Gasteiger charge is -2.25. The number of benzene rings is 1. The van der Waals surface area contributed by atoms with E-state index >= 15 is 0 Å². The summed E-state index contributed by atoms with van der Waals surface area (Å²) < 4.78 is 0. The third-order valence-electron chi connectivity index (χ3n) is 3.39. The number of piperidine rings is 1. The maximum atomic E-state index is 12.1. The maximum Gasteiger partial charge on any atom is 0.227 e. The highest BCUT2D eigenvalue weighted by Gasteiger charge is 2.20. The Balaban J connectivity index is 0.00000180. The molecule has 0 spiro atoms. The van der Waals surface area contributed by atoms with Crippen LogP contribution in [-0.4, -0.2) is 25.0 Å². The van der Waals surface area contributed by atoms with Crippen molar-refractivity contribution in [2.45, 2.75) is 31.7 Å². The SMILES string of the molecule is CC(C(=O)NC1CCCNC1)c1cccc(Cl)c1.Cl. The molecule has 0 bridgehead atoms. The van der Waals surface area contributed by atoms with E-state index in [-0.39, 0.29) is 30.3 Å². The first-order chi connectivity index (χ1) is 8.66. The van der Waals surface area contributed by atoms with E-state index in [1.807, 2.05) is 31.2 Å². The van der Waals surface area contributed by atoms with E-state index in [4.69, 9.17) is 11.6 Å². The van der Waals surface area contributed by atoms with Gasteiger partial charge in [0.2, 0.25) is 5.91 Å². The van der Waals surface area contributed by atoms with Crippen LogP contribution in [0.4, 0.5) is 0 Å². The normalized spacial score (nSPS) is 20.2. The van der Waals surface area contributed by atoms with E-state index in [1.165, 1.54) is 0 Å². The first-order valence-corrected chi connectivity index (χ1v) is 6.81. The second kappa shape index (κ2) is 7.73. The Hall–Kier alpha value is -0.770. The van der Waals surface area contributed by atoms with Gasteiger partial charge >= 0.3 is 0 Å². The molecule has 2 unspecified atom stereocenters. The molecule has 2 N–H and O–H groups in total. The van der Waals surface area contributed by atoms with Crippen molar-refractivity contribution in [3.63, 3.8) is 0 Å². The Bertz CT molecular complexity index is 420. The molecule has 1 fully saturated rings. The number of nitrogens with one attached hydrogen (secondary N) is 2. The Morgan fingerprint density at radius 2 is 2.32 bits per heavy atom. The van der Waals surface area contributed by atoms with Gasteiger partial charge in [-0.05, 0) is 44.0 Å². The molecule has 1 aromatic rings. The summed E-state index contributed by atoms with van der Waals surface area (Å²) in [4.78, 5) is 12.1. The van der Waals surface area contributed by atoms with Gasteiger partial charge in [0, 0.05) is 17.6 Å². The van der Waals surface area contributed by atoms with Gasteiger partial charge < -0.3 is 10.6 Å². The maximum absolute atomic E-state index is 12.1. The molecule has 0 radical (unpaired) electrons. The smallest absolute Gasteiger partial charge is 0.227 e. The van der Waals surface area contributed by atoms with E-state index in [0.717, 1.165) is 31.5 Å². The third kappa shape index (κ3) is 4.68. The van der Waals surface area contributed by atoms with Crippen molar-refractivity contribution in [1.29, 1.82) is 0 Å². The van der Waals surface area contributed by atoms with Gasteiger partial charge in [0.15, 0.2) is 0 Å². The molecular weight excluding hydrogens is 283 g/mol. The molecule has 1 aliphatic heterocycles. The summed E-state index contributed by atoms with van der Waals surface area (Å²) >= 11 is 5.94. The molecule has 3 nitrogen and oxygen atoms in total. The van der Waals surface area contributed by atoms with Crippen LogP contribution in [0.5, 0.6) is 0 Å². The number of halogens is 2. The monoisotopic (exact) mass is 302 g/mol. The zero-order valence-corrected chi connectivity index (χ0v) is 12.6. The van der Waals surface area contributed by atoms with Crippen LogP contribution in [0.25, 0.3) is 0 Å². The van der Waals surface area contributed by atoms with Gasteiger partial charge in [0.1, 0.15) is 0 Å². The standard InChI is InChI=1S/C14H19ClN2O.ClH/c1-10(11-4-2-5-12(15)8-11)14(18)17-13-6-3-7-16-9-13;/h2,4-5,8,10,13,16H,3,6-7,9H2,1H3,(H,17,18);1H. The predicted octanol–water partition coefficient (Wildman–Crippen LogP) is 2.73. The first-order valence-electron chi connectivity index (χ1n) is 6.43. The summed E-state index contributed by atoms with van der Waals surface area (Å²) in [6.45, 7) is 3.83. The van der Waals surface area contributed by atoms with Crippen LogP contribution in [0.1, 0.15) is 31.2 Å². The van der Waals surface area contributed by atoms with Crippen molar-refractivity contribution in [1.82, 2.24) is 10.6 Å². The topological polar surface area (TPSA) is 41.1 Å². The summed E-state index contributed by atoms with van der Waals surface area (Å²) in [6, 6.07) is 7.75. The lowest BCUT2D eigenvalue weighted by atomic mass is 9.99. The van der Waals surface area contributed by atoms with Crippen LogP contribution in [0.3, 0.4) is 0 Å². The highest BCUT2D eigenvalue weighted by Crippen LogP contribution is 2.19. The van der Waals surface area contributed by atoms with Crippen molar-refractivity contribution >= 4 is 29.9 Å². The van der Waals surface area contributed by atoms with Crippen molar-refractivity contribution in [3.05, 3.63) is 34.9 Å². The molecule has 0 saturated carbocycles. The minimum absolute atomic E-state index is 0. The van der Waals surface area contributed by atoms with E-state index in [2.05, 4.69) is 10.6 Å². The van der Waals surface area contributed by atoms with Gasteiger partial charge in [0.05, 0.1) is 5.92 Å². The lowest BCUT2D eigenvalue weighted by molar-refractivity contribution is -0.123. The average Bonchev–Trinajstić information content (AvgIpc) is 2.39. The Morgan fingerprint density at radius 3 is 2.95 bits per heavy atom. The van der Waals surface area contributed by atoms with Gasteiger partial charge in [-0.25, -0.2) is 0 Å². The molecule has 1 amide bonds. The average molecular weight is 303 g/mol. The number of rotatable bonds is 3. The number of carbonyl (C=O) groups is 1. The molecule has 1 heterocycles. The molecule has 1 saturated heterocycles. The van der Waals surface area contributed by atoms with Gasteiger partial charge in [-0.1, -0.05) is 23.7 Å². The summed E-state index contributed by atoms with van der Waals surface area (Å²) in [5.41, 5.74) is 0.962. The molecule has 2 atom stereocenters. The molecule has 1 aliphatic rings. The summed E-state index contributed by atoms with van der Waals surface area (Å²) in [5, 5.41) is 7.06. The van der Waals surface area contributed by atoms with Crippen LogP contribution in [0.15, 0.2) is 24.3 Å². The molecule has 2 rings (SSSR count). The summed E-state index contributed by atoms with van der Waals surface area (Å²) in [7, 11) is 0. The molecule has 0 aromatic heterocycles. The second-order valence-corrected chi connectivity index (χ2v) is 5.26. The fourth-order valence-electron chi connectivity index (χ4n) is 2.23. The number of hydrogen-bond acceptors (Lipinski definition) is 2. The predicted molar refractivity (Wildman–Crippen MR) is 81.1 cm³/mol. The van der Waals surface area contributed by atoms with Crippen molar-refractivity contribution in [2.75, 3.05) is 13.1 Å². The number of hydrogen-bond donors (Lipinski definition) is 2. The van der Waals surface area contributed by atoms with E-state index in [9.17, 15) is 4.79 Å². The van der Waals surface area contributed by atoms with E-state index in [0.29, 0.717) is 5.02 Å². The van der Waals surface area contributed by atoms with Crippen LogP contribution < -0.4 is 10.6 Å². The van der Waals surface area contributed by atoms with Crippen molar-refractivity contribution < 1.29 is 4.79 Å². The number of amides is 1. The van der Waals surface area contributed by atoms with E-state index in [1.54, 1.807) is 0 Å². The minimum Gasteiger partial charge on any atom is -0.352 e. The zero-order valence-electron chi connectivity index (χ0n) is 11.0. The van der Waals surface area contributed by atoms with Gasteiger partial charge in [-0.15, -0.1) is 12.4 Å². The largest absolute Gasteiger partial charge is 0.352 e. The third-order valence-corrected chi connectivity index (χ3v) is 3.62. The van der Waals surface area contributed by atoms with Crippen LogP contribution >= 0.6 is 24.0 Å². The van der Waals surface area contributed by atoms with Crippen LogP contribution in [0.2, 0.25) is 5.02 Å². The summed E-state index contributed by atoms with van der Waals surface area (Å²) in [5.74, 6) is -0.0865. The van der Waals surface area contributed by atoms with Gasteiger partial charge in [-0.3, -0.25) is 4.79 Å². The van der Waals surface area contributed by atoms with Crippen LogP contribution in [-0.2, 0) is 4.79 Å². The molecule has 19 heavy (non-hydrogen) atoms. The highest BCUT2D eigenvalue weighted by atomic mass is 35.5. The highest BCUT2D eigenvalue weighted by molar-refractivity contribution is 6.30. The Morgan fingerprint density at radius 1 is 1.53 bits per heavy atom. The zero-order chi connectivity index (χ0) is 13.0. The molecule has 0 aliphatic carbocycles. The lowest BCUT2D eigenvalue weighted by Crippen LogP contribution is -2.46. The molecule has 1 aromatic carbocycles. The van der Waals surface area contributed by atoms with Gasteiger partial charge in [0.25, 0.3) is 0 Å². The van der Waals surface area contributed by atoms with E-state index < -0.39 is 0 Å². The van der Waals surface area contributed by atoms with Crippen molar-refractivity contribution in [2.24, 2.45) is 0 Å². The quantitative estimate of drug-likeness (QED) is 0.901. The minimum atomic E-state index is -0.161. The fraction of sp³-hybridized carbons (Fsp3) is 0.500. The molecule has 5 heteroatoms. The second-order valence-electron chi connectivity index (χ2n) is 4.83. The first kappa shape index (κ1) is 16.3. The molecule has 106 valence electrons.